The second-order valence-corrected chi connectivity index (χ2v) is 6.06. The highest BCUT2D eigenvalue weighted by Gasteiger charge is 2.27. The summed E-state index contributed by atoms with van der Waals surface area (Å²) in [5.74, 6) is 2.32. The van der Waals surface area contributed by atoms with E-state index in [0.29, 0.717) is 5.92 Å². The average molecular weight is 270 g/mol. The third-order valence-corrected chi connectivity index (χ3v) is 4.64. The van der Waals surface area contributed by atoms with Crippen molar-refractivity contribution >= 4 is 0 Å². The van der Waals surface area contributed by atoms with Gasteiger partial charge in [-0.1, -0.05) is 52.4 Å². The average Bonchev–Trinajstić information content (AvgIpc) is 2.45. The van der Waals surface area contributed by atoms with E-state index in [0.717, 1.165) is 25.0 Å². The van der Waals surface area contributed by atoms with Crippen LogP contribution in [0.15, 0.2) is 0 Å². The molecule has 0 aromatic carbocycles. The fourth-order valence-electron chi connectivity index (χ4n) is 3.59. The van der Waals surface area contributed by atoms with E-state index in [1.807, 2.05) is 0 Å². The lowest BCUT2D eigenvalue weighted by atomic mass is 9.75. The van der Waals surface area contributed by atoms with Crippen molar-refractivity contribution in [2.45, 2.75) is 78.9 Å². The smallest absolute Gasteiger partial charge is 0.160 e. The highest BCUT2D eigenvalue weighted by molar-refractivity contribution is 4.76. The first-order valence-corrected chi connectivity index (χ1v) is 8.46. The molecular formula is C17H34O2. The summed E-state index contributed by atoms with van der Waals surface area (Å²) in [5.41, 5.74) is 0. The van der Waals surface area contributed by atoms with Crippen LogP contribution in [0.5, 0.6) is 0 Å². The molecule has 1 fully saturated rings. The van der Waals surface area contributed by atoms with Crippen LogP contribution in [-0.4, -0.2) is 19.5 Å². The van der Waals surface area contributed by atoms with Gasteiger partial charge in [-0.25, -0.2) is 0 Å². The molecule has 2 heteroatoms. The lowest BCUT2D eigenvalue weighted by Gasteiger charge is -2.33. The molecule has 0 aliphatic heterocycles. The maximum atomic E-state index is 5.75. The largest absolute Gasteiger partial charge is 0.353 e. The molecule has 0 spiro atoms. The van der Waals surface area contributed by atoms with Crippen LogP contribution in [0.2, 0.25) is 0 Å². The van der Waals surface area contributed by atoms with E-state index in [1.54, 1.807) is 0 Å². The van der Waals surface area contributed by atoms with Crippen molar-refractivity contribution in [1.29, 1.82) is 0 Å². The summed E-state index contributed by atoms with van der Waals surface area (Å²) in [6, 6.07) is 0. The van der Waals surface area contributed by atoms with E-state index < -0.39 is 0 Å². The zero-order chi connectivity index (χ0) is 14.1. The predicted octanol–water partition coefficient (Wildman–Crippen LogP) is 5.02. The topological polar surface area (TPSA) is 18.5 Å². The maximum absolute atomic E-state index is 5.75. The first-order chi connectivity index (χ1) is 9.22. The summed E-state index contributed by atoms with van der Waals surface area (Å²) in [5, 5.41) is 0. The van der Waals surface area contributed by atoms with Gasteiger partial charge in [0.05, 0.1) is 0 Å². The second-order valence-electron chi connectivity index (χ2n) is 6.06. The molecule has 0 bridgehead atoms. The Morgan fingerprint density at radius 3 is 2.00 bits per heavy atom. The first kappa shape index (κ1) is 17.0. The third-order valence-electron chi connectivity index (χ3n) is 4.64. The summed E-state index contributed by atoms with van der Waals surface area (Å²) in [4.78, 5) is 0. The minimum atomic E-state index is -0.00681. The van der Waals surface area contributed by atoms with E-state index in [2.05, 4.69) is 27.7 Å². The van der Waals surface area contributed by atoms with Crippen molar-refractivity contribution in [2.75, 3.05) is 13.2 Å². The first-order valence-electron chi connectivity index (χ1n) is 8.46. The molecule has 0 amide bonds. The molecule has 1 rings (SSSR count). The summed E-state index contributed by atoms with van der Waals surface area (Å²) in [6.45, 7) is 10.2. The van der Waals surface area contributed by atoms with Crippen molar-refractivity contribution < 1.29 is 9.47 Å². The second kappa shape index (κ2) is 9.77. The van der Waals surface area contributed by atoms with Crippen LogP contribution in [-0.2, 0) is 9.47 Å². The highest BCUT2D eigenvalue weighted by Crippen LogP contribution is 2.36. The van der Waals surface area contributed by atoms with Gasteiger partial charge >= 0.3 is 0 Å². The Balaban J connectivity index is 2.47. The summed E-state index contributed by atoms with van der Waals surface area (Å²) in [6.07, 6.45) is 9.77. The Morgan fingerprint density at radius 1 is 0.947 bits per heavy atom. The molecule has 0 radical (unpaired) electrons. The lowest BCUT2D eigenvalue weighted by Crippen LogP contribution is -2.29. The van der Waals surface area contributed by atoms with Gasteiger partial charge in [0.2, 0.25) is 0 Å². The lowest BCUT2D eigenvalue weighted by molar-refractivity contribution is -0.167. The number of hydrogen-bond acceptors (Lipinski definition) is 2. The molecular weight excluding hydrogens is 236 g/mol. The van der Waals surface area contributed by atoms with Crippen LogP contribution in [0.25, 0.3) is 0 Å². The number of rotatable bonds is 9. The quantitative estimate of drug-likeness (QED) is 0.548. The van der Waals surface area contributed by atoms with Gasteiger partial charge in [0.25, 0.3) is 0 Å². The Labute approximate surface area is 120 Å². The third kappa shape index (κ3) is 5.83. The molecule has 1 aliphatic rings. The molecule has 0 aromatic rings. The molecule has 2 unspecified atom stereocenters. The molecule has 114 valence electrons. The van der Waals surface area contributed by atoms with Crippen LogP contribution >= 0.6 is 0 Å². The molecule has 2 atom stereocenters. The number of ether oxygens (including phenoxy) is 2. The van der Waals surface area contributed by atoms with Gasteiger partial charge in [0.15, 0.2) is 6.29 Å². The molecule has 19 heavy (non-hydrogen) atoms. The van der Waals surface area contributed by atoms with E-state index >= 15 is 0 Å². The van der Waals surface area contributed by atoms with Crippen LogP contribution in [0.1, 0.15) is 72.6 Å². The Hall–Kier alpha value is -0.0800. The van der Waals surface area contributed by atoms with Crippen molar-refractivity contribution in [3.63, 3.8) is 0 Å². The highest BCUT2D eigenvalue weighted by atomic mass is 16.7. The summed E-state index contributed by atoms with van der Waals surface area (Å²) in [7, 11) is 0. The summed E-state index contributed by atoms with van der Waals surface area (Å²) >= 11 is 0. The molecule has 0 aromatic heterocycles. The van der Waals surface area contributed by atoms with Gasteiger partial charge in [0.1, 0.15) is 0 Å². The normalized spacial score (nSPS) is 20.7. The molecule has 2 nitrogen and oxygen atoms in total. The minimum absolute atomic E-state index is 0.00681. The zero-order valence-corrected chi connectivity index (χ0v) is 13.5. The van der Waals surface area contributed by atoms with Gasteiger partial charge < -0.3 is 9.47 Å². The zero-order valence-electron chi connectivity index (χ0n) is 13.5. The van der Waals surface area contributed by atoms with E-state index in [-0.39, 0.29) is 6.29 Å². The van der Waals surface area contributed by atoms with Gasteiger partial charge in [-0.3, -0.25) is 0 Å². The van der Waals surface area contributed by atoms with Crippen molar-refractivity contribution in [1.82, 2.24) is 0 Å². The van der Waals surface area contributed by atoms with Gasteiger partial charge in [0, 0.05) is 19.1 Å². The predicted molar refractivity (Wildman–Crippen MR) is 81.2 cm³/mol. The van der Waals surface area contributed by atoms with Crippen LogP contribution < -0.4 is 0 Å². The molecule has 1 saturated carbocycles. The SMILES string of the molecule is CCOC(OCC)C(C)CC(CC)C1CCCCC1. The van der Waals surface area contributed by atoms with Crippen LogP contribution in [0.3, 0.4) is 0 Å². The van der Waals surface area contributed by atoms with Crippen molar-refractivity contribution in [3.8, 4) is 0 Å². The van der Waals surface area contributed by atoms with E-state index in [1.165, 1.54) is 44.9 Å². The number of hydrogen-bond donors (Lipinski definition) is 0. The summed E-state index contributed by atoms with van der Waals surface area (Å²) < 4.78 is 11.5. The van der Waals surface area contributed by atoms with Crippen molar-refractivity contribution in [3.05, 3.63) is 0 Å². The van der Waals surface area contributed by atoms with Gasteiger partial charge in [-0.05, 0) is 32.1 Å². The molecule has 0 saturated heterocycles. The monoisotopic (exact) mass is 270 g/mol. The molecule has 0 N–H and O–H groups in total. The van der Waals surface area contributed by atoms with Gasteiger partial charge in [-0.15, -0.1) is 0 Å². The van der Waals surface area contributed by atoms with Crippen LogP contribution in [0.4, 0.5) is 0 Å². The Bertz CT molecular complexity index is 205. The maximum Gasteiger partial charge on any atom is 0.160 e. The Kier molecular flexibility index (Phi) is 8.72. The van der Waals surface area contributed by atoms with Gasteiger partial charge in [-0.2, -0.15) is 0 Å². The van der Waals surface area contributed by atoms with Crippen molar-refractivity contribution in [2.24, 2.45) is 17.8 Å². The van der Waals surface area contributed by atoms with E-state index in [4.69, 9.17) is 9.47 Å². The Morgan fingerprint density at radius 2 is 1.53 bits per heavy atom. The molecule has 1 aliphatic carbocycles. The van der Waals surface area contributed by atoms with Crippen LogP contribution in [0, 0.1) is 17.8 Å². The van der Waals surface area contributed by atoms with E-state index in [9.17, 15) is 0 Å². The molecule has 0 heterocycles. The fraction of sp³-hybridized carbons (Fsp3) is 1.00. The fourth-order valence-corrected chi connectivity index (χ4v) is 3.59. The minimum Gasteiger partial charge on any atom is -0.353 e. The standard InChI is InChI=1S/C17H34O2/c1-5-15(16-11-9-8-10-12-16)13-14(4)17(18-6-2)19-7-3/h14-17H,5-13H2,1-4H3.